The van der Waals surface area contributed by atoms with Crippen molar-refractivity contribution in [2.45, 2.75) is 31.5 Å². The Balaban J connectivity index is 1.82. The molecule has 0 radical (unpaired) electrons. The molecular formula is C18H20F4NO4-. The van der Waals surface area contributed by atoms with Crippen molar-refractivity contribution < 1.29 is 37.3 Å². The van der Waals surface area contributed by atoms with Gasteiger partial charge in [-0.1, -0.05) is 6.07 Å². The van der Waals surface area contributed by atoms with Gasteiger partial charge in [0.15, 0.2) is 0 Å². The van der Waals surface area contributed by atoms with Gasteiger partial charge < -0.3 is 24.6 Å². The first-order valence-corrected chi connectivity index (χ1v) is 8.72. The molecule has 1 saturated heterocycles. The number of benzene rings is 1. The second kappa shape index (κ2) is 7.18. The molecule has 9 heteroatoms. The van der Waals surface area contributed by atoms with Crippen LogP contribution in [0.3, 0.4) is 0 Å². The molecule has 1 amide bonds. The van der Waals surface area contributed by atoms with Crippen molar-refractivity contribution in [3.05, 3.63) is 30.1 Å². The van der Waals surface area contributed by atoms with Gasteiger partial charge in [-0.05, 0) is 36.8 Å². The summed E-state index contributed by atoms with van der Waals surface area (Å²) >= 11 is 0. The van der Waals surface area contributed by atoms with E-state index in [1.54, 1.807) is 0 Å². The predicted octanol–water partition coefficient (Wildman–Crippen LogP) is 2.19. The number of likely N-dealkylation sites (tertiary alicyclic amines) is 1. The Bertz CT molecular complexity index is 688. The predicted molar refractivity (Wildman–Crippen MR) is 84.2 cm³/mol. The molecule has 1 saturated carbocycles. The zero-order valence-electron chi connectivity index (χ0n) is 14.4. The van der Waals surface area contributed by atoms with Crippen LogP contribution in [0, 0.1) is 23.1 Å². The molecule has 2 aliphatic rings. The summed E-state index contributed by atoms with van der Waals surface area (Å²) < 4.78 is 59.5. The van der Waals surface area contributed by atoms with Gasteiger partial charge in [-0.25, -0.2) is 4.39 Å². The minimum Gasteiger partial charge on any atom is -0.530 e. The summed E-state index contributed by atoms with van der Waals surface area (Å²) in [5, 5.41) is 20.4. The number of amides is 1. The Morgan fingerprint density at radius 1 is 1.37 bits per heavy atom. The minimum absolute atomic E-state index is 0.0848. The van der Waals surface area contributed by atoms with Gasteiger partial charge in [0.05, 0.1) is 12.5 Å². The van der Waals surface area contributed by atoms with Gasteiger partial charge in [0.1, 0.15) is 23.8 Å². The average Bonchev–Trinajstić information content (AvgIpc) is 2.58. The largest absolute Gasteiger partial charge is 0.530 e. The van der Waals surface area contributed by atoms with E-state index >= 15 is 0 Å². The second-order valence-electron chi connectivity index (χ2n) is 7.29. The molecule has 150 valence electrons. The first-order chi connectivity index (χ1) is 12.7. The third kappa shape index (κ3) is 3.83. The number of alkyl halides is 3. The van der Waals surface area contributed by atoms with E-state index in [9.17, 15) is 32.6 Å². The molecule has 3 atom stereocenters. The summed E-state index contributed by atoms with van der Waals surface area (Å²) in [6, 6.07) is 5.17. The van der Waals surface area contributed by atoms with Gasteiger partial charge in [0.25, 0.3) is 0 Å². The van der Waals surface area contributed by atoms with Crippen LogP contribution in [0.1, 0.15) is 19.3 Å². The molecule has 1 spiro atoms. The molecule has 0 aromatic heterocycles. The molecule has 27 heavy (non-hydrogen) atoms. The molecule has 2 fully saturated rings. The van der Waals surface area contributed by atoms with E-state index < -0.39 is 48.0 Å². The van der Waals surface area contributed by atoms with Crippen LogP contribution in [0.4, 0.5) is 22.4 Å². The molecule has 5 nitrogen and oxygen atoms in total. The van der Waals surface area contributed by atoms with Crippen LogP contribution in [0.2, 0.25) is 0 Å². The number of hydrogen-bond donors (Lipinski definition) is 1. The fourth-order valence-electron chi connectivity index (χ4n) is 4.51. The highest BCUT2D eigenvalue weighted by Gasteiger charge is 2.63. The maximum atomic E-state index is 13.5. The first-order valence-electron chi connectivity index (χ1n) is 8.72. The number of aliphatic hydroxyl groups is 1. The molecule has 1 aromatic rings. The minimum atomic E-state index is -4.62. The second-order valence-corrected chi connectivity index (χ2v) is 7.29. The van der Waals surface area contributed by atoms with Crippen LogP contribution in [0.15, 0.2) is 24.3 Å². The third-order valence-corrected chi connectivity index (χ3v) is 5.87. The van der Waals surface area contributed by atoms with E-state index in [0.717, 1.165) is 11.0 Å². The lowest BCUT2D eigenvalue weighted by atomic mass is 9.50. The van der Waals surface area contributed by atoms with Crippen molar-refractivity contribution in [1.82, 2.24) is 4.90 Å². The van der Waals surface area contributed by atoms with E-state index in [2.05, 4.69) is 0 Å². The van der Waals surface area contributed by atoms with E-state index in [-0.39, 0.29) is 31.7 Å². The topological polar surface area (TPSA) is 72.8 Å². The molecule has 1 aliphatic carbocycles. The smallest absolute Gasteiger partial charge is 0.394 e. The highest BCUT2D eigenvalue weighted by Crippen LogP contribution is 2.60. The Hall–Kier alpha value is -2.03. The Kier molecular flexibility index (Phi) is 5.24. The van der Waals surface area contributed by atoms with Crippen molar-refractivity contribution >= 4 is 6.09 Å². The van der Waals surface area contributed by atoms with E-state index in [1.807, 2.05) is 0 Å². The Labute approximate surface area is 153 Å². The summed E-state index contributed by atoms with van der Waals surface area (Å²) in [5.41, 5.74) is -0.771. The van der Waals surface area contributed by atoms with Gasteiger partial charge in [-0.2, -0.15) is 13.2 Å². The summed E-state index contributed by atoms with van der Waals surface area (Å²) in [5.74, 6) is -3.45. The first kappa shape index (κ1) is 19.7. The Morgan fingerprint density at radius 2 is 2.04 bits per heavy atom. The lowest BCUT2D eigenvalue weighted by Gasteiger charge is -2.60. The number of ether oxygens (including phenoxy) is 1. The SMILES string of the molecule is O=C([O-])N1CCC2(CC1)C[C@@H](Oc1cccc(F)c1)C2C(CO)C(F)(F)F. The van der Waals surface area contributed by atoms with E-state index in [0.29, 0.717) is 6.42 Å². The molecule has 2 unspecified atom stereocenters. The zero-order valence-corrected chi connectivity index (χ0v) is 14.4. The molecule has 1 N–H and O–H groups in total. The van der Waals surface area contributed by atoms with Crippen LogP contribution in [0.5, 0.6) is 5.75 Å². The fraction of sp³-hybridized carbons (Fsp3) is 0.611. The number of nitrogens with zero attached hydrogens (tertiary/aromatic N) is 1. The van der Waals surface area contributed by atoms with Crippen LogP contribution in [-0.4, -0.2) is 48.1 Å². The number of hydrogen-bond acceptors (Lipinski definition) is 4. The normalized spacial score (nSPS) is 25.7. The molecule has 0 bridgehead atoms. The van der Waals surface area contributed by atoms with Crippen LogP contribution < -0.4 is 9.84 Å². The number of carboxylic acid groups (broad SMARTS) is 1. The average molecular weight is 390 g/mol. The number of aliphatic hydroxyl groups excluding tert-OH is 1. The Morgan fingerprint density at radius 3 is 2.56 bits per heavy atom. The summed E-state index contributed by atoms with van der Waals surface area (Å²) in [4.78, 5) is 12.0. The van der Waals surface area contributed by atoms with Crippen LogP contribution in [-0.2, 0) is 0 Å². The van der Waals surface area contributed by atoms with Gasteiger partial charge in [-0.15, -0.1) is 0 Å². The monoisotopic (exact) mass is 390 g/mol. The number of carbonyl (C=O) groups excluding carboxylic acids is 1. The molecule has 1 aliphatic heterocycles. The summed E-state index contributed by atoms with van der Waals surface area (Å²) in [6.45, 7) is -0.911. The number of piperidine rings is 1. The molecule has 1 aromatic carbocycles. The molecular weight excluding hydrogens is 370 g/mol. The van der Waals surface area contributed by atoms with Gasteiger partial charge in [0.2, 0.25) is 0 Å². The summed E-state index contributed by atoms with van der Waals surface area (Å²) in [6.07, 6.45) is -6.03. The lowest BCUT2D eigenvalue weighted by molar-refractivity contribution is -0.276. The number of halogens is 4. The highest BCUT2D eigenvalue weighted by molar-refractivity contribution is 5.62. The maximum absolute atomic E-state index is 13.5. The molecule has 1 heterocycles. The van der Waals surface area contributed by atoms with Crippen LogP contribution >= 0.6 is 0 Å². The van der Waals surface area contributed by atoms with Crippen LogP contribution in [0.25, 0.3) is 0 Å². The standard InChI is InChI=1S/C18H21F4NO4/c19-11-2-1-3-12(8-11)27-14-9-17(4-6-23(7-5-17)16(25)26)15(14)13(10-24)18(20,21)22/h1-3,8,13-15,24H,4-7,9-10H2,(H,25,26)/p-1/t13?,14-,15?/m1/s1. The number of rotatable bonds is 4. The van der Waals surface area contributed by atoms with Crippen molar-refractivity contribution in [3.63, 3.8) is 0 Å². The van der Waals surface area contributed by atoms with E-state index in [1.165, 1.54) is 18.2 Å². The fourth-order valence-corrected chi connectivity index (χ4v) is 4.51. The lowest BCUT2D eigenvalue weighted by Crippen LogP contribution is -2.64. The highest BCUT2D eigenvalue weighted by atomic mass is 19.4. The van der Waals surface area contributed by atoms with Crippen molar-refractivity contribution in [2.24, 2.45) is 17.3 Å². The van der Waals surface area contributed by atoms with Crippen molar-refractivity contribution in [2.75, 3.05) is 19.7 Å². The van der Waals surface area contributed by atoms with Crippen molar-refractivity contribution in [3.8, 4) is 5.75 Å². The van der Waals surface area contributed by atoms with Gasteiger partial charge >= 0.3 is 6.18 Å². The maximum Gasteiger partial charge on any atom is 0.394 e. The van der Waals surface area contributed by atoms with E-state index in [4.69, 9.17) is 4.74 Å². The third-order valence-electron chi connectivity index (χ3n) is 5.87. The van der Waals surface area contributed by atoms with Crippen molar-refractivity contribution in [1.29, 1.82) is 0 Å². The number of carbonyl (C=O) groups is 1. The molecule has 3 rings (SSSR count). The summed E-state index contributed by atoms with van der Waals surface area (Å²) in [7, 11) is 0. The van der Waals surface area contributed by atoms with Gasteiger partial charge in [-0.3, -0.25) is 0 Å². The zero-order chi connectivity index (χ0) is 19.8. The van der Waals surface area contributed by atoms with Gasteiger partial charge in [0, 0.05) is 25.1 Å². The quantitative estimate of drug-likeness (QED) is 0.800.